The lowest BCUT2D eigenvalue weighted by Gasteiger charge is -2.05. The first-order chi connectivity index (χ1) is 11.3. The third-order valence-electron chi connectivity index (χ3n) is 3.68. The molecule has 2 N–H and O–H groups in total. The maximum atomic E-state index is 12.1. The van der Waals surface area contributed by atoms with E-state index in [2.05, 4.69) is 22.4 Å². The van der Waals surface area contributed by atoms with Crippen molar-refractivity contribution in [1.29, 1.82) is 0 Å². The standard InChI is InChI=1S/C19H20N2OS/c22-19(13-15-14-21-18-10-5-4-9-17(15)18)20-11-6-12-23-16-7-2-1-3-8-16/h1-5,7-10,14,21H,6,11-13H2,(H,20,22). The van der Waals surface area contributed by atoms with Crippen LogP contribution in [-0.2, 0) is 11.2 Å². The van der Waals surface area contributed by atoms with Gasteiger partial charge < -0.3 is 10.3 Å². The Morgan fingerprint density at radius 1 is 1.04 bits per heavy atom. The smallest absolute Gasteiger partial charge is 0.224 e. The van der Waals surface area contributed by atoms with Gasteiger partial charge in [0.25, 0.3) is 0 Å². The Labute approximate surface area is 140 Å². The van der Waals surface area contributed by atoms with Crippen molar-refractivity contribution in [2.24, 2.45) is 0 Å². The van der Waals surface area contributed by atoms with Crippen LogP contribution in [0.4, 0.5) is 0 Å². The number of amides is 1. The molecular formula is C19H20N2OS. The predicted octanol–water partition coefficient (Wildman–Crippen LogP) is 4.01. The van der Waals surface area contributed by atoms with Crippen molar-refractivity contribution in [3.63, 3.8) is 0 Å². The van der Waals surface area contributed by atoms with Gasteiger partial charge in [0.05, 0.1) is 6.42 Å². The number of aromatic nitrogens is 1. The molecule has 3 aromatic rings. The Hall–Kier alpha value is -2.20. The lowest BCUT2D eigenvalue weighted by Crippen LogP contribution is -2.26. The molecule has 118 valence electrons. The molecule has 1 aromatic heterocycles. The van der Waals surface area contributed by atoms with Gasteiger partial charge >= 0.3 is 0 Å². The van der Waals surface area contributed by atoms with Crippen LogP contribution in [-0.4, -0.2) is 23.2 Å². The van der Waals surface area contributed by atoms with E-state index >= 15 is 0 Å². The lowest BCUT2D eigenvalue weighted by atomic mass is 10.1. The third-order valence-corrected chi connectivity index (χ3v) is 4.78. The second kappa shape index (κ2) is 7.88. The Morgan fingerprint density at radius 2 is 1.83 bits per heavy atom. The number of aromatic amines is 1. The van der Waals surface area contributed by atoms with Crippen molar-refractivity contribution in [1.82, 2.24) is 10.3 Å². The minimum Gasteiger partial charge on any atom is -0.361 e. The van der Waals surface area contributed by atoms with Crippen LogP contribution in [0.25, 0.3) is 10.9 Å². The topological polar surface area (TPSA) is 44.9 Å². The zero-order chi connectivity index (χ0) is 15.9. The first-order valence-corrected chi connectivity index (χ1v) is 8.81. The molecule has 0 atom stereocenters. The summed E-state index contributed by atoms with van der Waals surface area (Å²) in [6.07, 6.45) is 3.32. The molecule has 0 spiro atoms. The molecule has 1 heterocycles. The number of nitrogens with one attached hydrogen (secondary N) is 2. The number of hydrogen-bond acceptors (Lipinski definition) is 2. The van der Waals surface area contributed by atoms with Gasteiger partial charge in [0, 0.05) is 28.5 Å². The summed E-state index contributed by atoms with van der Waals surface area (Å²) in [6, 6.07) is 18.4. The van der Waals surface area contributed by atoms with E-state index in [4.69, 9.17) is 0 Å². The molecule has 2 aromatic carbocycles. The van der Waals surface area contributed by atoms with Crippen LogP contribution in [0.5, 0.6) is 0 Å². The van der Waals surface area contributed by atoms with Crippen LogP contribution in [0, 0.1) is 0 Å². The number of para-hydroxylation sites is 1. The predicted molar refractivity (Wildman–Crippen MR) is 96.8 cm³/mol. The molecule has 4 heteroatoms. The zero-order valence-electron chi connectivity index (χ0n) is 12.9. The number of H-pyrrole nitrogens is 1. The van der Waals surface area contributed by atoms with Crippen molar-refractivity contribution in [3.05, 3.63) is 66.4 Å². The van der Waals surface area contributed by atoms with Crippen molar-refractivity contribution in [2.45, 2.75) is 17.7 Å². The van der Waals surface area contributed by atoms with Crippen LogP contribution in [0.1, 0.15) is 12.0 Å². The molecule has 1 amide bonds. The highest BCUT2D eigenvalue weighted by molar-refractivity contribution is 7.99. The van der Waals surface area contributed by atoms with E-state index in [1.165, 1.54) is 4.90 Å². The number of carbonyl (C=O) groups is 1. The van der Waals surface area contributed by atoms with E-state index in [1.54, 1.807) is 0 Å². The third kappa shape index (κ3) is 4.39. The summed E-state index contributed by atoms with van der Waals surface area (Å²) in [4.78, 5) is 16.5. The molecule has 3 nitrogen and oxygen atoms in total. The Kier molecular flexibility index (Phi) is 5.37. The molecule has 0 saturated heterocycles. The molecule has 0 aliphatic carbocycles. The van der Waals surface area contributed by atoms with Gasteiger partial charge in [-0.25, -0.2) is 0 Å². The fourth-order valence-electron chi connectivity index (χ4n) is 2.52. The van der Waals surface area contributed by atoms with Gasteiger partial charge in [0.2, 0.25) is 5.91 Å². The second-order valence-electron chi connectivity index (χ2n) is 5.40. The van der Waals surface area contributed by atoms with Gasteiger partial charge in [0.1, 0.15) is 0 Å². The Morgan fingerprint density at radius 3 is 2.70 bits per heavy atom. The summed E-state index contributed by atoms with van der Waals surface area (Å²) in [5.74, 6) is 1.09. The second-order valence-corrected chi connectivity index (χ2v) is 6.57. The summed E-state index contributed by atoms with van der Waals surface area (Å²) < 4.78 is 0. The van der Waals surface area contributed by atoms with E-state index in [-0.39, 0.29) is 5.91 Å². The summed E-state index contributed by atoms with van der Waals surface area (Å²) in [6.45, 7) is 0.723. The minimum absolute atomic E-state index is 0.0828. The molecule has 0 bridgehead atoms. The first-order valence-electron chi connectivity index (χ1n) is 7.82. The normalized spacial score (nSPS) is 10.8. The van der Waals surface area contributed by atoms with Crippen molar-refractivity contribution in [2.75, 3.05) is 12.3 Å². The van der Waals surface area contributed by atoms with E-state index in [0.29, 0.717) is 6.42 Å². The Bertz CT molecular complexity index is 767. The lowest BCUT2D eigenvalue weighted by molar-refractivity contribution is -0.120. The van der Waals surface area contributed by atoms with Gasteiger partial charge in [-0.2, -0.15) is 0 Å². The highest BCUT2D eigenvalue weighted by Gasteiger charge is 2.07. The van der Waals surface area contributed by atoms with E-state index < -0.39 is 0 Å². The number of carbonyl (C=O) groups excluding carboxylic acids is 1. The minimum atomic E-state index is 0.0828. The molecule has 0 unspecified atom stereocenters. The van der Waals surface area contributed by atoms with Gasteiger partial charge in [-0.05, 0) is 35.9 Å². The summed E-state index contributed by atoms with van der Waals surface area (Å²) >= 11 is 1.82. The van der Waals surface area contributed by atoms with Crippen LogP contribution in [0.3, 0.4) is 0 Å². The van der Waals surface area contributed by atoms with Crippen molar-refractivity contribution < 1.29 is 4.79 Å². The van der Waals surface area contributed by atoms with Crippen molar-refractivity contribution in [3.8, 4) is 0 Å². The van der Waals surface area contributed by atoms with Crippen LogP contribution >= 0.6 is 11.8 Å². The number of benzene rings is 2. The maximum absolute atomic E-state index is 12.1. The van der Waals surface area contributed by atoms with Crippen molar-refractivity contribution >= 4 is 28.6 Å². The first kappa shape index (κ1) is 15.7. The number of hydrogen-bond donors (Lipinski definition) is 2. The highest BCUT2D eigenvalue weighted by Crippen LogP contribution is 2.18. The zero-order valence-corrected chi connectivity index (χ0v) is 13.7. The molecule has 23 heavy (non-hydrogen) atoms. The quantitative estimate of drug-likeness (QED) is 0.509. The van der Waals surface area contributed by atoms with E-state index in [9.17, 15) is 4.79 Å². The average Bonchev–Trinajstić information content (AvgIpc) is 2.99. The summed E-state index contributed by atoms with van der Waals surface area (Å²) in [5, 5.41) is 4.13. The SMILES string of the molecule is O=C(Cc1c[nH]c2ccccc12)NCCCSc1ccccc1. The Balaban J connectivity index is 1.40. The summed E-state index contributed by atoms with van der Waals surface area (Å²) in [7, 11) is 0. The van der Waals surface area contributed by atoms with Crippen LogP contribution in [0.15, 0.2) is 65.7 Å². The molecule has 0 aliphatic heterocycles. The maximum Gasteiger partial charge on any atom is 0.224 e. The van der Waals surface area contributed by atoms with Crippen LogP contribution in [0.2, 0.25) is 0 Å². The van der Waals surface area contributed by atoms with Gasteiger partial charge in [0.15, 0.2) is 0 Å². The fourth-order valence-corrected chi connectivity index (χ4v) is 3.39. The number of fused-ring (bicyclic) bond motifs is 1. The van der Waals surface area contributed by atoms with Gasteiger partial charge in [-0.1, -0.05) is 36.4 Å². The van der Waals surface area contributed by atoms with Crippen LogP contribution < -0.4 is 5.32 Å². The summed E-state index contributed by atoms with van der Waals surface area (Å²) in [5.41, 5.74) is 2.13. The molecule has 3 rings (SSSR count). The highest BCUT2D eigenvalue weighted by atomic mass is 32.2. The fraction of sp³-hybridized carbons (Fsp3) is 0.211. The molecule has 0 fully saturated rings. The molecule has 0 saturated carbocycles. The largest absolute Gasteiger partial charge is 0.361 e. The average molecular weight is 324 g/mol. The number of thioether (sulfide) groups is 1. The van der Waals surface area contributed by atoms with Gasteiger partial charge in [-0.3, -0.25) is 4.79 Å². The number of rotatable bonds is 7. The van der Waals surface area contributed by atoms with E-state index in [1.807, 2.05) is 60.4 Å². The molecular weight excluding hydrogens is 304 g/mol. The molecule has 0 aliphatic rings. The van der Waals surface area contributed by atoms with Gasteiger partial charge in [-0.15, -0.1) is 11.8 Å². The monoisotopic (exact) mass is 324 g/mol. The van der Waals surface area contributed by atoms with E-state index in [0.717, 1.165) is 35.2 Å². The molecule has 0 radical (unpaired) electrons.